The van der Waals surface area contributed by atoms with Gasteiger partial charge in [-0.1, -0.05) is 53.5 Å². The van der Waals surface area contributed by atoms with E-state index in [2.05, 4.69) is 5.10 Å². The maximum Gasteiger partial charge on any atom is 0.256 e. The van der Waals surface area contributed by atoms with Crippen LogP contribution in [-0.4, -0.2) is 60.2 Å². The van der Waals surface area contributed by atoms with Crippen LogP contribution in [0.15, 0.2) is 53.6 Å². The van der Waals surface area contributed by atoms with Crippen molar-refractivity contribution in [2.45, 2.75) is 18.9 Å². The third-order valence-electron chi connectivity index (χ3n) is 5.85. The summed E-state index contributed by atoms with van der Waals surface area (Å²) in [6.07, 6.45) is 0.999. The van der Waals surface area contributed by atoms with Gasteiger partial charge in [-0.3, -0.25) is 9.59 Å². The predicted molar refractivity (Wildman–Crippen MR) is 124 cm³/mol. The van der Waals surface area contributed by atoms with Crippen molar-refractivity contribution in [3.05, 3.63) is 64.1 Å². The molecule has 4 rings (SSSR count). The minimum atomic E-state index is -0.894. The normalized spacial score (nSPS) is 21.2. The average molecular weight is 475 g/mol. The Morgan fingerprint density at radius 3 is 2.59 bits per heavy atom. The summed E-state index contributed by atoms with van der Waals surface area (Å²) in [6.45, 7) is 0.651. The summed E-state index contributed by atoms with van der Waals surface area (Å²) in [4.78, 5) is 28.0. The van der Waals surface area contributed by atoms with Crippen molar-refractivity contribution in [3.63, 3.8) is 0 Å². The standard InChI is InChI=1S/C23H24Cl2N4O3/c1-28-22(31)23(12-15-5-3-2-4-6-15)14-29(8-7-20(23)27-28)21(30)19(26)13-32-18-10-16(24)9-17(25)11-18/h2-6,9-11,19H,7-8,12-14,26H2,1H3. The maximum absolute atomic E-state index is 13.2. The Morgan fingerprint density at radius 1 is 1.22 bits per heavy atom. The van der Waals surface area contributed by atoms with Gasteiger partial charge in [-0.05, 0) is 30.2 Å². The Bertz CT molecular complexity index is 1040. The van der Waals surface area contributed by atoms with E-state index in [0.29, 0.717) is 35.2 Å². The molecule has 2 atom stereocenters. The van der Waals surface area contributed by atoms with E-state index < -0.39 is 11.5 Å². The van der Waals surface area contributed by atoms with Crippen LogP contribution in [0.1, 0.15) is 12.0 Å². The van der Waals surface area contributed by atoms with Crippen molar-refractivity contribution in [2.75, 3.05) is 26.7 Å². The molecule has 0 radical (unpaired) electrons. The second-order valence-electron chi connectivity index (χ2n) is 8.15. The largest absolute Gasteiger partial charge is 0.491 e. The molecule has 2 amide bonds. The Morgan fingerprint density at radius 2 is 1.91 bits per heavy atom. The lowest BCUT2D eigenvalue weighted by Gasteiger charge is -2.40. The number of hydrogen-bond donors (Lipinski definition) is 1. The van der Waals surface area contributed by atoms with Crippen molar-refractivity contribution in [3.8, 4) is 5.75 Å². The first-order chi connectivity index (χ1) is 15.3. The van der Waals surface area contributed by atoms with Crippen LogP contribution in [0.25, 0.3) is 0 Å². The van der Waals surface area contributed by atoms with Crippen LogP contribution in [0.2, 0.25) is 10.0 Å². The number of likely N-dealkylation sites (tertiary alicyclic amines) is 1. The molecule has 2 aliphatic rings. The van der Waals surface area contributed by atoms with Gasteiger partial charge in [0.25, 0.3) is 5.91 Å². The Balaban J connectivity index is 1.48. The molecule has 2 aromatic rings. The average Bonchev–Trinajstić information content (AvgIpc) is 3.01. The van der Waals surface area contributed by atoms with Crippen molar-refractivity contribution < 1.29 is 14.3 Å². The first-order valence-corrected chi connectivity index (χ1v) is 11.1. The molecule has 0 saturated carbocycles. The fourth-order valence-electron chi connectivity index (χ4n) is 4.32. The number of carbonyl (C=O) groups is 2. The Labute approximate surface area is 196 Å². The number of ether oxygens (including phenoxy) is 1. The highest BCUT2D eigenvalue weighted by atomic mass is 35.5. The van der Waals surface area contributed by atoms with Crippen LogP contribution in [0.3, 0.4) is 0 Å². The molecule has 9 heteroatoms. The molecule has 168 valence electrons. The van der Waals surface area contributed by atoms with Gasteiger partial charge in [-0.15, -0.1) is 0 Å². The van der Waals surface area contributed by atoms with Crippen molar-refractivity contribution >= 4 is 40.7 Å². The maximum atomic E-state index is 13.2. The van der Waals surface area contributed by atoms with E-state index in [1.165, 1.54) is 5.01 Å². The first kappa shape index (κ1) is 22.6. The molecule has 0 spiro atoms. The SMILES string of the molecule is CN1N=C2CCN(C(=O)C(N)COc3cc(Cl)cc(Cl)c3)CC2(Cc2ccccc2)C1=O. The van der Waals surface area contributed by atoms with E-state index in [4.69, 9.17) is 33.7 Å². The van der Waals surface area contributed by atoms with Gasteiger partial charge in [0.05, 0.1) is 5.71 Å². The number of amides is 2. The van der Waals surface area contributed by atoms with Gasteiger partial charge < -0.3 is 15.4 Å². The van der Waals surface area contributed by atoms with Gasteiger partial charge in [0.15, 0.2) is 0 Å². The lowest BCUT2D eigenvalue weighted by molar-refractivity contribution is -0.140. The highest BCUT2D eigenvalue weighted by Gasteiger charge is 2.53. The summed E-state index contributed by atoms with van der Waals surface area (Å²) < 4.78 is 5.65. The third-order valence-corrected chi connectivity index (χ3v) is 6.29. The topological polar surface area (TPSA) is 88.2 Å². The molecule has 0 aromatic heterocycles. The van der Waals surface area contributed by atoms with Crippen molar-refractivity contribution in [2.24, 2.45) is 16.3 Å². The molecule has 2 unspecified atom stereocenters. The number of nitrogens with zero attached hydrogens (tertiary/aromatic N) is 3. The number of piperidine rings is 1. The van der Waals surface area contributed by atoms with Crippen LogP contribution < -0.4 is 10.5 Å². The van der Waals surface area contributed by atoms with Crippen LogP contribution in [0.4, 0.5) is 0 Å². The summed E-state index contributed by atoms with van der Waals surface area (Å²) in [6, 6.07) is 13.7. The minimum Gasteiger partial charge on any atom is -0.491 e. The second-order valence-corrected chi connectivity index (χ2v) is 9.03. The van der Waals surface area contributed by atoms with Gasteiger partial charge >= 0.3 is 0 Å². The molecule has 2 N–H and O–H groups in total. The van der Waals surface area contributed by atoms with Crippen molar-refractivity contribution in [1.29, 1.82) is 0 Å². The molecule has 7 nitrogen and oxygen atoms in total. The zero-order chi connectivity index (χ0) is 22.9. The van der Waals surface area contributed by atoms with Crippen molar-refractivity contribution in [1.82, 2.24) is 9.91 Å². The number of hydrazone groups is 1. The molecular weight excluding hydrogens is 451 g/mol. The van der Waals surface area contributed by atoms with E-state index in [1.807, 2.05) is 30.3 Å². The molecule has 0 aliphatic carbocycles. The highest BCUT2D eigenvalue weighted by Crippen LogP contribution is 2.38. The predicted octanol–water partition coefficient (Wildman–Crippen LogP) is 2.99. The number of hydrogen-bond acceptors (Lipinski definition) is 5. The Kier molecular flexibility index (Phi) is 6.42. The fourth-order valence-corrected chi connectivity index (χ4v) is 4.82. The van der Waals surface area contributed by atoms with Gasteiger partial charge in [0.2, 0.25) is 5.91 Å². The van der Waals surface area contributed by atoms with E-state index in [-0.39, 0.29) is 25.0 Å². The summed E-state index contributed by atoms with van der Waals surface area (Å²) in [7, 11) is 1.66. The lowest BCUT2D eigenvalue weighted by Crippen LogP contribution is -2.58. The molecule has 2 aliphatic heterocycles. The fraction of sp³-hybridized carbons (Fsp3) is 0.348. The van der Waals surface area contributed by atoms with E-state index in [1.54, 1.807) is 30.1 Å². The first-order valence-electron chi connectivity index (χ1n) is 10.3. The van der Waals surface area contributed by atoms with Crippen LogP contribution >= 0.6 is 23.2 Å². The van der Waals surface area contributed by atoms with E-state index >= 15 is 0 Å². The lowest BCUT2D eigenvalue weighted by atomic mass is 9.73. The monoisotopic (exact) mass is 474 g/mol. The summed E-state index contributed by atoms with van der Waals surface area (Å²) in [5.41, 5.74) is 7.12. The number of benzene rings is 2. The summed E-state index contributed by atoms with van der Waals surface area (Å²) in [5, 5.41) is 6.72. The molecule has 0 bridgehead atoms. The summed E-state index contributed by atoms with van der Waals surface area (Å²) >= 11 is 12.0. The number of halogens is 2. The molecule has 2 heterocycles. The van der Waals surface area contributed by atoms with E-state index in [9.17, 15) is 9.59 Å². The highest BCUT2D eigenvalue weighted by molar-refractivity contribution is 6.34. The number of rotatable bonds is 6. The molecule has 2 aromatic carbocycles. The van der Waals surface area contributed by atoms with Gasteiger partial charge in [0, 0.05) is 36.6 Å². The van der Waals surface area contributed by atoms with Gasteiger partial charge in [-0.2, -0.15) is 5.10 Å². The van der Waals surface area contributed by atoms with Crippen LogP contribution in [-0.2, 0) is 16.0 Å². The third kappa shape index (κ3) is 4.46. The number of carbonyl (C=O) groups excluding carboxylic acids is 2. The smallest absolute Gasteiger partial charge is 0.256 e. The van der Waals surface area contributed by atoms with Crippen LogP contribution in [0.5, 0.6) is 5.75 Å². The van der Waals surface area contributed by atoms with E-state index in [0.717, 1.165) is 11.3 Å². The molecule has 32 heavy (non-hydrogen) atoms. The molecular formula is C23H24Cl2N4O3. The Hall–Kier alpha value is -2.61. The van der Waals surface area contributed by atoms with Gasteiger partial charge in [-0.25, -0.2) is 5.01 Å². The minimum absolute atomic E-state index is 0.0352. The zero-order valence-electron chi connectivity index (χ0n) is 17.6. The number of nitrogens with two attached hydrogens (primary N) is 1. The molecule has 1 saturated heterocycles. The number of fused-ring (bicyclic) bond motifs is 1. The molecule has 1 fully saturated rings. The summed E-state index contributed by atoms with van der Waals surface area (Å²) in [5.74, 6) is 0.0613. The zero-order valence-corrected chi connectivity index (χ0v) is 19.1. The van der Waals surface area contributed by atoms with Crippen LogP contribution in [0, 0.1) is 5.41 Å². The van der Waals surface area contributed by atoms with Gasteiger partial charge in [0.1, 0.15) is 23.8 Å². The second kappa shape index (κ2) is 9.10. The quantitative estimate of drug-likeness (QED) is 0.696.